The van der Waals surface area contributed by atoms with E-state index in [4.69, 9.17) is 5.11 Å². The van der Waals surface area contributed by atoms with Crippen molar-refractivity contribution in [1.29, 1.82) is 0 Å². The predicted molar refractivity (Wildman–Crippen MR) is 168 cm³/mol. The second kappa shape index (κ2) is 13.9. The molecule has 1 saturated carbocycles. The van der Waals surface area contributed by atoms with Gasteiger partial charge in [0.25, 0.3) is 5.91 Å². The minimum Gasteiger partial charge on any atom is -0.465 e. The summed E-state index contributed by atoms with van der Waals surface area (Å²) in [5.41, 5.74) is -0.746. The highest BCUT2D eigenvalue weighted by Gasteiger charge is 2.38. The van der Waals surface area contributed by atoms with Crippen LogP contribution in [-0.2, 0) is 18.3 Å². The number of benzene rings is 2. The molecule has 9 nitrogen and oxygen atoms in total. The van der Waals surface area contributed by atoms with Gasteiger partial charge in [0.05, 0.1) is 16.9 Å². The normalized spacial score (nSPS) is 14.5. The molecule has 1 unspecified atom stereocenters. The van der Waals surface area contributed by atoms with Gasteiger partial charge in [-0.1, -0.05) is 51.0 Å². The Balaban J connectivity index is 1.53. The van der Waals surface area contributed by atoms with E-state index in [0.717, 1.165) is 29.5 Å². The third kappa shape index (κ3) is 8.15. The van der Waals surface area contributed by atoms with Crippen LogP contribution >= 0.6 is 0 Å². The fourth-order valence-corrected chi connectivity index (χ4v) is 5.50. The number of carbonyl (C=O) groups excluding carboxylic acids is 1. The van der Waals surface area contributed by atoms with Crippen LogP contribution in [0, 0.1) is 17.7 Å². The van der Waals surface area contributed by atoms with Crippen molar-refractivity contribution in [2.45, 2.75) is 57.8 Å². The molecular weight excluding hydrogens is 616 g/mol. The van der Waals surface area contributed by atoms with Gasteiger partial charge in [-0.25, -0.2) is 13.9 Å². The molecule has 2 heterocycles. The standard InChI is InChI=1S/C34H36F4N6O3/c1-21(2)18-41-33(13-12-22-8-9-22,25-6-4-14-39-20-25)24-10-11-27(35)28(16-24)42-31(45)29-17-30(34(36,37)38)43-44(29)26-7-3-5-23(15-26)19-40-32(46)47/h3-7,10-11,14-17,20-22,40-41H,8-9,12-13,18-19H2,1-2H3,(H,42,45)(H,46,47). The molecule has 4 N–H and O–H groups in total. The number of anilines is 1. The maximum Gasteiger partial charge on any atom is 0.435 e. The summed E-state index contributed by atoms with van der Waals surface area (Å²) in [6.07, 6.45) is 1.17. The maximum absolute atomic E-state index is 15.4. The van der Waals surface area contributed by atoms with Crippen molar-refractivity contribution in [2.24, 2.45) is 11.8 Å². The lowest BCUT2D eigenvalue weighted by molar-refractivity contribution is -0.141. The largest absolute Gasteiger partial charge is 0.465 e. The van der Waals surface area contributed by atoms with Gasteiger partial charge in [0.15, 0.2) is 5.69 Å². The molecule has 0 spiro atoms. The van der Waals surface area contributed by atoms with Crippen molar-refractivity contribution in [2.75, 3.05) is 11.9 Å². The third-order valence-electron chi connectivity index (χ3n) is 8.13. The fourth-order valence-electron chi connectivity index (χ4n) is 5.50. The maximum atomic E-state index is 15.4. The average Bonchev–Trinajstić information content (AvgIpc) is 3.75. The first-order valence-corrected chi connectivity index (χ1v) is 15.4. The van der Waals surface area contributed by atoms with Gasteiger partial charge in [0.1, 0.15) is 11.5 Å². The van der Waals surface area contributed by atoms with Crippen molar-refractivity contribution < 1.29 is 32.3 Å². The molecule has 0 radical (unpaired) electrons. The van der Waals surface area contributed by atoms with E-state index in [1.165, 1.54) is 30.3 Å². The highest BCUT2D eigenvalue weighted by molar-refractivity contribution is 6.03. The Hall–Kier alpha value is -4.78. The summed E-state index contributed by atoms with van der Waals surface area (Å²) >= 11 is 0. The highest BCUT2D eigenvalue weighted by Crippen LogP contribution is 2.42. The van der Waals surface area contributed by atoms with Crippen LogP contribution in [-0.4, -0.2) is 38.4 Å². The zero-order valence-electron chi connectivity index (χ0n) is 25.9. The van der Waals surface area contributed by atoms with Gasteiger partial charge in [0.2, 0.25) is 0 Å². The van der Waals surface area contributed by atoms with Crippen LogP contribution in [0.1, 0.15) is 72.4 Å². The Morgan fingerprint density at radius 3 is 2.49 bits per heavy atom. The second-order valence-corrected chi connectivity index (χ2v) is 12.2. The molecule has 0 saturated heterocycles. The Morgan fingerprint density at radius 1 is 1.04 bits per heavy atom. The molecule has 1 aliphatic rings. The number of aromatic nitrogens is 3. The van der Waals surface area contributed by atoms with E-state index in [9.17, 15) is 22.8 Å². The summed E-state index contributed by atoms with van der Waals surface area (Å²) in [5, 5.41) is 20.9. The number of hydrogen-bond acceptors (Lipinski definition) is 5. The summed E-state index contributed by atoms with van der Waals surface area (Å²) in [6.45, 7) is 4.67. The van der Waals surface area contributed by atoms with Crippen LogP contribution in [0.15, 0.2) is 73.1 Å². The topological polar surface area (TPSA) is 121 Å². The number of amides is 2. The molecule has 248 valence electrons. The summed E-state index contributed by atoms with van der Waals surface area (Å²) in [5.74, 6) is -0.906. The van der Waals surface area contributed by atoms with Crippen LogP contribution in [0.5, 0.6) is 0 Å². The van der Waals surface area contributed by atoms with Gasteiger partial charge in [-0.3, -0.25) is 9.78 Å². The van der Waals surface area contributed by atoms with Crippen LogP contribution in [0.25, 0.3) is 5.69 Å². The summed E-state index contributed by atoms with van der Waals surface area (Å²) in [4.78, 5) is 28.9. The van der Waals surface area contributed by atoms with Crippen molar-refractivity contribution in [3.05, 3.63) is 107 Å². The number of halogens is 4. The van der Waals surface area contributed by atoms with Crippen molar-refractivity contribution in [3.8, 4) is 5.69 Å². The van der Waals surface area contributed by atoms with E-state index in [-0.39, 0.29) is 23.8 Å². The molecule has 47 heavy (non-hydrogen) atoms. The van der Waals surface area contributed by atoms with E-state index in [1.54, 1.807) is 24.5 Å². The SMILES string of the molecule is CC(C)CNC(CCC1CC1)(c1cccnc1)c1ccc(F)c(NC(=O)c2cc(C(F)(F)F)nn2-c2cccc(CNC(=O)O)c2)c1. The Labute approximate surface area is 269 Å². The van der Waals surface area contributed by atoms with E-state index in [1.807, 2.05) is 12.1 Å². The molecule has 1 aliphatic carbocycles. The van der Waals surface area contributed by atoms with Crippen LogP contribution in [0.2, 0.25) is 0 Å². The smallest absolute Gasteiger partial charge is 0.435 e. The lowest BCUT2D eigenvalue weighted by Gasteiger charge is -2.37. The van der Waals surface area contributed by atoms with Crippen molar-refractivity contribution in [1.82, 2.24) is 25.4 Å². The lowest BCUT2D eigenvalue weighted by atomic mass is 9.78. The second-order valence-electron chi connectivity index (χ2n) is 12.2. The van der Waals surface area contributed by atoms with Crippen LogP contribution in [0.3, 0.4) is 0 Å². The molecule has 1 fully saturated rings. The average molecular weight is 653 g/mol. The van der Waals surface area contributed by atoms with E-state index >= 15 is 4.39 Å². The Kier molecular flexibility index (Phi) is 9.94. The fraction of sp³-hybridized carbons (Fsp3) is 0.353. The molecule has 2 aromatic carbocycles. The van der Waals surface area contributed by atoms with Gasteiger partial charge in [0, 0.05) is 25.0 Å². The van der Waals surface area contributed by atoms with Gasteiger partial charge >= 0.3 is 12.3 Å². The molecule has 2 aromatic heterocycles. The number of alkyl halides is 3. The number of nitrogens with one attached hydrogen (secondary N) is 3. The molecule has 4 aromatic rings. The minimum absolute atomic E-state index is 0.0816. The number of carbonyl (C=O) groups is 2. The van der Waals surface area contributed by atoms with Gasteiger partial charge in [-0.05, 0) is 78.2 Å². The molecule has 2 amide bonds. The quantitative estimate of drug-likeness (QED) is 0.114. The number of carboxylic acid groups (broad SMARTS) is 1. The molecule has 0 bridgehead atoms. The van der Waals surface area contributed by atoms with Crippen molar-refractivity contribution in [3.63, 3.8) is 0 Å². The van der Waals surface area contributed by atoms with Gasteiger partial charge in [-0.2, -0.15) is 18.3 Å². The molecule has 13 heteroatoms. The monoisotopic (exact) mass is 652 g/mol. The minimum atomic E-state index is -4.87. The van der Waals surface area contributed by atoms with Gasteiger partial charge in [-0.15, -0.1) is 0 Å². The molecule has 5 rings (SSSR count). The summed E-state index contributed by atoms with van der Waals surface area (Å²) in [7, 11) is 0. The van der Waals surface area contributed by atoms with Crippen molar-refractivity contribution >= 4 is 17.7 Å². The number of pyridine rings is 1. The first-order valence-electron chi connectivity index (χ1n) is 15.4. The molecule has 0 aliphatic heterocycles. The number of rotatable bonds is 13. The Morgan fingerprint density at radius 2 is 1.83 bits per heavy atom. The van der Waals surface area contributed by atoms with Crippen LogP contribution < -0.4 is 16.0 Å². The first kappa shape index (κ1) is 33.6. The predicted octanol–water partition coefficient (Wildman–Crippen LogP) is 7.12. The Bertz CT molecular complexity index is 1710. The number of hydrogen-bond donors (Lipinski definition) is 4. The van der Waals surface area contributed by atoms with E-state index in [0.29, 0.717) is 36.1 Å². The summed E-state index contributed by atoms with van der Waals surface area (Å²) in [6, 6.07) is 14.7. The zero-order chi connectivity index (χ0) is 33.8. The molecule has 1 atom stereocenters. The lowest BCUT2D eigenvalue weighted by Crippen LogP contribution is -2.45. The van der Waals surface area contributed by atoms with E-state index in [2.05, 4.69) is 39.9 Å². The highest BCUT2D eigenvalue weighted by atomic mass is 19.4. The summed E-state index contributed by atoms with van der Waals surface area (Å²) < 4.78 is 57.6. The van der Waals surface area contributed by atoms with Gasteiger partial charge < -0.3 is 21.1 Å². The third-order valence-corrected chi connectivity index (χ3v) is 8.13. The first-order chi connectivity index (χ1) is 22.4. The van der Waals surface area contributed by atoms with E-state index < -0.39 is 40.9 Å². The number of nitrogens with zero attached hydrogens (tertiary/aromatic N) is 3. The molecular formula is C34H36F4N6O3. The zero-order valence-corrected chi connectivity index (χ0v) is 25.9. The van der Waals surface area contributed by atoms with Crippen LogP contribution in [0.4, 0.5) is 28.0 Å².